The maximum atomic E-state index is 11.2. The first-order chi connectivity index (χ1) is 10.5. The van der Waals surface area contributed by atoms with Crippen molar-refractivity contribution in [2.75, 3.05) is 0 Å². The van der Waals surface area contributed by atoms with Crippen LogP contribution < -0.4 is 0 Å². The predicted octanol–water partition coefficient (Wildman–Crippen LogP) is 5.22. The van der Waals surface area contributed by atoms with Crippen molar-refractivity contribution in [3.8, 4) is 11.3 Å². The van der Waals surface area contributed by atoms with Gasteiger partial charge >= 0.3 is 5.97 Å². The van der Waals surface area contributed by atoms with Gasteiger partial charge in [-0.15, -0.1) is 0 Å². The molecule has 0 atom stereocenters. The molecule has 0 saturated carbocycles. The van der Waals surface area contributed by atoms with E-state index in [-0.39, 0.29) is 5.56 Å². The number of carboxylic acid groups (broad SMARTS) is 1. The highest BCUT2D eigenvalue weighted by atomic mass is 35.5. The van der Waals surface area contributed by atoms with Crippen LogP contribution in [0.1, 0.15) is 15.9 Å². The highest BCUT2D eigenvalue weighted by Gasteiger charge is 2.14. The number of nitrogens with zero attached hydrogens (tertiary/aromatic N) is 1. The number of fused-ring (bicyclic) bond motifs is 1. The third-order valence-corrected chi connectivity index (χ3v) is 4.32. The molecule has 0 aliphatic carbocycles. The molecule has 0 saturated heterocycles. The smallest absolute Gasteiger partial charge is 0.335 e. The first-order valence-electron chi connectivity index (χ1n) is 6.56. The van der Waals surface area contributed by atoms with Gasteiger partial charge in [-0.1, -0.05) is 41.4 Å². The van der Waals surface area contributed by atoms with Crippen LogP contribution in [0.15, 0.2) is 42.6 Å². The van der Waals surface area contributed by atoms with E-state index in [1.807, 2.05) is 19.1 Å². The summed E-state index contributed by atoms with van der Waals surface area (Å²) < 4.78 is 0. The fraction of sp³-hybridized carbons (Fsp3) is 0.0588. The molecule has 1 aromatic heterocycles. The number of benzene rings is 2. The molecule has 0 aliphatic heterocycles. The van der Waals surface area contributed by atoms with Gasteiger partial charge in [-0.05, 0) is 30.7 Å². The average Bonchev–Trinajstić information content (AvgIpc) is 2.50. The van der Waals surface area contributed by atoms with E-state index in [0.717, 1.165) is 16.5 Å². The molecule has 0 bridgehead atoms. The Balaban J connectivity index is 2.38. The lowest BCUT2D eigenvalue weighted by molar-refractivity contribution is 0.0697. The standard InChI is InChI=1S/C17H11Cl2NO2/c1-9-11(3-2-4-14(9)18)16-13-7-10(17(21)22)5-6-12(13)15(19)8-20-16/h2-8H,1H3,(H,21,22). The van der Waals surface area contributed by atoms with Crippen LogP contribution in [0, 0.1) is 6.92 Å². The van der Waals surface area contributed by atoms with Gasteiger partial charge in [0.2, 0.25) is 0 Å². The van der Waals surface area contributed by atoms with Crippen LogP contribution in [0.2, 0.25) is 10.0 Å². The molecule has 0 fully saturated rings. The third kappa shape index (κ3) is 2.43. The van der Waals surface area contributed by atoms with Gasteiger partial charge in [-0.2, -0.15) is 0 Å². The van der Waals surface area contributed by atoms with E-state index in [2.05, 4.69) is 4.98 Å². The average molecular weight is 332 g/mol. The highest BCUT2D eigenvalue weighted by Crippen LogP contribution is 2.35. The lowest BCUT2D eigenvalue weighted by atomic mass is 9.98. The first-order valence-corrected chi connectivity index (χ1v) is 7.31. The summed E-state index contributed by atoms with van der Waals surface area (Å²) in [5.74, 6) is -0.990. The molecule has 110 valence electrons. The van der Waals surface area contributed by atoms with Crippen molar-refractivity contribution in [3.05, 3.63) is 63.8 Å². The van der Waals surface area contributed by atoms with E-state index < -0.39 is 5.97 Å². The fourth-order valence-corrected chi connectivity index (χ4v) is 2.81. The van der Waals surface area contributed by atoms with E-state index in [0.29, 0.717) is 21.1 Å². The first kappa shape index (κ1) is 14.8. The monoisotopic (exact) mass is 331 g/mol. The van der Waals surface area contributed by atoms with Gasteiger partial charge in [-0.3, -0.25) is 4.98 Å². The molecule has 0 aliphatic rings. The molecule has 1 heterocycles. The quantitative estimate of drug-likeness (QED) is 0.700. The summed E-state index contributed by atoms with van der Waals surface area (Å²) in [5.41, 5.74) is 2.61. The van der Waals surface area contributed by atoms with Crippen LogP contribution in [0.25, 0.3) is 22.0 Å². The Kier molecular flexibility index (Phi) is 3.77. The van der Waals surface area contributed by atoms with Crippen molar-refractivity contribution < 1.29 is 9.90 Å². The molecule has 1 N–H and O–H groups in total. The van der Waals surface area contributed by atoms with Gasteiger partial charge in [0.1, 0.15) is 0 Å². The Morgan fingerprint density at radius 3 is 2.59 bits per heavy atom. The summed E-state index contributed by atoms with van der Waals surface area (Å²) in [4.78, 5) is 15.6. The minimum Gasteiger partial charge on any atom is -0.478 e. The normalized spacial score (nSPS) is 10.9. The molecular formula is C17H11Cl2NO2. The second-order valence-corrected chi connectivity index (χ2v) is 5.75. The van der Waals surface area contributed by atoms with Crippen molar-refractivity contribution in [2.45, 2.75) is 6.92 Å². The van der Waals surface area contributed by atoms with Crippen molar-refractivity contribution in [2.24, 2.45) is 0 Å². The van der Waals surface area contributed by atoms with Gasteiger partial charge in [0.25, 0.3) is 0 Å². The van der Waals surface area contributed by atoms with Crippen LogP contribution in [0.5, 0.6) is 0 Å². The van der Waals surface area contributed by atoms with E-state index in [1.54, 1.807) is 24.4 Å². The van der Waals surface area contributed by atoms with Crippen LogP contribution in [-0.2, 0) is 0 Å². The number of aromatic nitrogens is 1. The number of pyridine rings is 1. The number of halogens is 2. The molecule has 3 nitrogen and oxygen atoms in total. The largest absolute Gasteiger partial charge is 0.478 e. The molecule has 2 aromatic carbocycles. The maximum Gasteiger partial charge on any atom is 0.335 e. The summed E-state index contributed by atoms with van der Waals surface area (Å²) in [7, 11) is 0. The van der Waals surface area contributed by atoms with Crippen LogP contribution in [0.3, 0.4) is 0 Å². The zero-order valence-corrected chi connectivity index (χ0v) is 13.1. The van der Waals surface area contributed by atoms with Gasteiger partial charge in [0.05, 0.1) is 16.3 Å². The fourth-order valence-electron chi connectivity index (χ4n) is 2.42. The van der Waals surface area contributed by atoms with E-state index in [1.165, 1.54) is 6.07 Å². The Bertz CT molecular complexity index is 907. The van der Waals surface area contributed by atoms with Gasteiger partial charge in [0, 0.05) is 27.6 Å². The second kappa shape index (κ2) is 5.59. The molecule has 0 amide bonds. The number of aromatic carboxylic acids is 1. The molecule has 0 spiro atoms. The van der Waals surface area contributed by atoms with E-state index in [9.17, 15) is 9.90 Å². The van der Waals surface area contributed by atoms with E-state index in [4.69, 9.17) is 23.2 Å². The molecule has 0 unspecified atom stereocenters. The SMILES string of the molecule is Cc1c(Cl)cccc1-c1ncc(Cl)c2ccc(C(=O)O)cc12. The number of carbonyl (C=O) groups is 1. The van der Waals surface area contributed by atoms with Crippen molar-refractivity contribution >= 4 is 39.9 Å². The van der Waals surface area contributed by atoms with Crippen LogP contribution in [0.4, 0.5) is 0 Å². The molecule has 3 aromatic rings. The number of hydrogen-bond donors (Lipinski definition) is 1. The molecule has 22 heavy (non-hydrogen) atoms. The Morgan fingerprint density at radius 2 is 1.86 bits per heavy atom. The zero-order chi connectivity index (χ0) is 15.9. The Morgan fingerprint density at radius 1 is 1.09 bits per heavy atom. The van der Waals surface area contributed by atoms with Crippen LogP contribution in [-0.4, -0.2) is 16.1 Å². The molecule has 0 radical (unpaired) electrons. The van der Waals surface area contributed by atoms with Crippen molar-refractivity contribution in [1.29, 1.82) is 0 Å². The van der Waals surface area contributed by atoms with Crippen molar-refractivity contribution in [1.82, 2.24) is 4.98 Å². The minimum absolute atomic E-state index is 0.192. The lowest BCUT2D eigenvalue weighted by Crippen LogP contribution is -1.97. The Labute approximate surface area is 137 Å². The highest BCUT2D eigenvalue weighted by molar-refractivity contribution is 6.36. The van der Waals surface area contributed by atoms with Crippen molar-refractivity contribution in [3.63, 3.8) is 0 Å². The Hall–Kier alpha value is -2.10. The van der Waals surface area contributed by atoms with Gasteiger partial charge in [-0.25, -0.2) is 4.79 Å². The summed E-state index contributed by atoms with van der Waals surface area (Å²) in [6.07, 6.45) is 1.57. The zero-order valence-electron chi connectivity index (χ0n) is 11.6. The number of carboxylic acids is 1. The maximum absolute atomic E-state index is 11.2. The summed E-state index contributed by atoms with van der Waals surface area (Å²) in [6, 6.07) is 10.4. The third-order valence-electron chi connectivity index (χ3n) is 3.61. The second-order valence-electron chi connectivity index (χ2n) is 4.93. The number of rotatable bonds is 2. The molecule has 3 rings (SSSR count). The molecular weight excluding hydrogens is 321 g/mol. The lowest BCUT2D eigenvalue weighted by Gasteiger charge is -2.11. The topological polar surface area (TPSA) is 50.2 Å². The van der Waals surface area contributed by atoms with Crippen LogP contribution >= 0.6 is 23.2 Å². The molecule has 5 heteroatoms. The summed E-state index contributed by atoms with van der Waals surface area (Å²) in [5, 5.41) is 11.8. The minimum atomic E-state index is -0.990. The number of hydrogen-bond acceptors (Lipinski definition) is 2. The summed E-state index contributed by atoms with van der Waals surface area (Å²) >= 11 is 12.4. The van der Waals surface area contributed by atoms with Gasteiger partial charge < -0.3 is 5.11 Å². The van der Waals surface area contributed by atoms with E-state index >= 15 is 0 Å². The van der Waals surface area contributed by atoms with Gasteiger partial charge in [0.15, 0.2) is 0 Å². The summed E-state index contributed by atoms with van der Waals surface area (Å²) in [6.45, 7) is 1.90. The predicted molar refractivity (Wildman–Crippen MR) is 88.9 cm³/mol.